The van der Waals surface area contributed by atoms with E-state index in [-0.39, 0.29) is 5.91 Å². The van der Waals surface area contributed by atoms with Gasteiger partial charge in [-0.15, -0.1) is 0 Å². The van der Waals surface area contributed by atoms with Gasteiger partial charge in [-0.05, 0) is 38.5 Å². The average Bonchev–Trinajstić information content (AvgIpc) is 2.30. The molecule has 0 saturated heterocycles. The van der Waals surface area contributed by atoms with Crippen molar-refractivity contribution in [1.82, 2.24) is 4.90 Å². The lowest BCUT2D eigenvalue weighted by atomic mass is 10.2. The molecule has 0 aliphatic carbocycles. The fourth-order valence-electron chi connectivity index (χ4n) is 1.70. The predicted molar refractivity (Wildman–Crippen MR) is 69.2 cm³/mol. The van der Waals surface area contributed by atoms with Crippen LogP contribution in [0.2, 0.25) is 0 Å². The van der Waals surface area contributed by atoms with E-state index in [2.05, 4.69) is 0 Å². The molecular weight excluding hydrogens is 214 g/mol. The van der Waals surface area contributed by atoms with Crippen LogP contribution in [0.15, 0.2) is 24.3 Å². The SMILES string of the molecule is CCN(CC)C(=O)CCOc1cccc(C)c1. The van der Waals surface area contributed by atoms with Crippen LogP contribution in [-0.2, 0) is 4.79 Å². The summed E-state index contributed by atoms with van der Waals surface area (Å²) >= 11 is 0. The van der Waals surface area contributed by atoms with E-state index in [0.717, 1.165) is 24.4 Å². The first kappa shape index (κ1) is 13.6. The van der Waals surface area contributed by atoms with Crippen molar-refractivity contribution < 1.29 is 9.53 Å². The van der Waals surface area contributed by atoms with E-state index in [9.17, 15) is 4.79 Å². The Morgan fingerprint density at radius 2 is 2.00 bits per heavy atom. The summed E-state index contributed by atoms with van der Waals surface area (Å²) in [6.45, 7) is 7.97. The molecule has 0 N–H and O–H groups in total. The third kappa shape index (κ3) is 4.47. The van der Waals surface area contributed by atoms with Crippen molar-refractivity contribution in [2.24, 2.45) is 0 Å². The summed E-state index contributed by atoms with van der Waals surface area (Å²) in [5.41, 5.74) is 1.16. The number of carbonyl (C=O) groups is 1. The fraction of sp³-hybridized carbons (Fsp3) is 0.500. The number of ether oxygens (including phenoxy) is 1. The Kier molecular flexibility index (Phi) is 5.53. The van der Waals surface area contributed by atoms with Gasteiger partial charge >= 0.3 is 0 Å². The molecule has 1 amide bonds. The Hall–Kier alpha value is -1.51. The Labute approximate surface area is 103 Å². The van der Waals surface area contributed by atoms with Crippen molar-refractivity contribution in [1.29, 1.82) is 0 Å². The predicted octanol–water partition coefficient (Wildman–Crippen LogP) is 2.63. The summed E-state index contributed by atoms with van der Waals surface area (Å²) in [4.78, 5) is 13.5. The molecule has 0 radical (unpaired) electrons. The van der Waals surface area contributed by atoms with Gasteiger partial charge in [0.1, 0.15) is 5.75 Å². The zero-order valence-corrected chi connectivity index (χ0v) is 10.9. The van der Waals surface area contributed by atoms with Gasteiger partial charge in [0, 0.05) is 13.1 Å². The highest BCUT2D eigenvalue weighted by molar-refractivity contribution is 5.76. The summed E-state index contributed by atoms with van der Waals surface area (Å²) < 4.78 is 5.55. The molecule has 1 rings (SSSR count). The first-order valence-electron chi connectivity index (χ1n) is 6.14. The number of nitrogens with zero attached hydrogens (tertiary/aromatic N) is 1. The summed E-state index contributed by atoms with van der Waals surface area (Å²) in [5.74, 6) is 0.986. The third-order valence-electron chi connectivity index (χ3n) is 2.69. The van der Waals surface area contributed by atoms with Crippen molar-refractivity contribution in [3.63, 3.8) is 0 Å². The highest BCUT2D eigenvalue weighted by Gasteiger charge is 2.08. The molecule has 0 bridgehead atoms. The highest BCUT2D eigenvalue weighted by Crippen LogP contribution is 2.12. The van der Waals surface area contributed by atoms with E-state index in [0.29, 0.717) is 13.0 Å². The molecule has 0 heterocycles. The normalized spacial score (nSPS) is 10.1. The van der Waals surface area contributed by atoms with Gasteiger partial charge in [-0.3, -0.25) is 4.79 Å². The van der Waals surface area contributed by atoms with Crippen molar-refractivity contribution >= 4 is 5.91 Å². The molecule has 0 aromatic heterocycles. The molecule has 3 nitrogen and oxygen atoms in total. The number of rotatable bonds is 6. The number of benzene rings is 1. The minimum Gasteiger partial charge on any atom is -0.493 e. The maximum Gasteiger partial charge on any atom is 0.225 e. The van der Waals surface area contributed by atoms with Crippen LogP contribution in [0.4, 0.5) is 0 Å². The maximum absolute atomic E-state index is 11.7. The van der Waals surface area contributed by atoms with Gasteiger partial charge in [-0.2, -0.15) is 0 Å². The summed E-state index contributed by atoms with van der Waals surface area (Å²) in [6, 6.07) is 7.86. The molecule has 0 aliphatic rings. The minimum absolute atomic E-state index is 0.155. The molecular formula is C14H21NO2. The lowest BCUT2D eigenvalue weighted by molar-refractivity contribution is -0.131. The first-order chi connectivity index (χ1) is 8.17. The monoisotopic (exact) mass is 235 g/mol. The Balaban J connectivity index is 2.35. The number of hydrogen-bond acceptors (Lipinski definition) is 2. The van der Waals surface area contributed by atoms with E-state index >= 15 is 0 Å². The first-order valence-corrected chi connectivity index (χ1v) is 6.14. The molecule has 94 valence electrons. The summed E-state index contributed by atoms with van der Waals surface area (Å²) in [7, 11) is 0. The van der Waals surface area contributed by atoms with Crippen molar-refractivity contribution in [3.05, 3.63) is 29.8 Å². The van der Waals surface area contributed by atoms with Crippen LogP contribution in [-0.4, -0.2) is 30.5 Å². The van der Waals surface area contributed by atoms with Crippen molar-refractivity contribution in [2.45, 2.75) is 27.2 Å². The van der Waals surface area contributed by atoms with E-state index < -0.39 is 0 Å². The van der Waals surface area contributed by atoms with Crippen LogP contribution >= 0.6 is 0 Å². The smallest absolute Gasteiger partial charge is 0.225 e. The number of carbonyl (C=O) groups excluding carboxylic acids is 1. The van der Waals surface area contributed by atoms with Gasteiger partial charge in [-0.25, -0.2) is 0 Å². The highest BCUT2D eigenvalue weighted by atomic mass is 16.5. The Bertz CT molecular complexity index is 359. The molecule has 0 atom stereocenters. The van der Waals surface area contributed by atoms with Gasteiger partial charge in [0.2, 0.25) is 5.91 Å². The third-order valence-corrected chi connectivity index (χ3v) is 2.69. The number of hydrogen-bond donors (Lipinski definition) is 0. The van der Waals surface area contributed by atoms with E-state index in [1.54, 1.807) is 0 Å². The van der Waals surface area contributed by atoms with Gasteiger partial charge in [0.25, 0.3) is 0 Å². The molecule has 0 saturated carbocycles. The Morgan fingerprint density at radius 1 is 1.29 bits per heavy atom. The zero-order valence-electron chi connectivity index (χ0n) is 10.9. The molecule has 0 aliphatic heterocycles. The molecule has 0 unspecified atom stereocenters. The quantitative estimate of drug-likeness (QED) is 0.758. The lowest BCUT2D eigenvalue weighted by Gasteiger charge is -2.18. The minimum atomic E-state index is 0.155. The van der Waals surface area contributed by atoms with Crippen LogP contribution in [0.1, 0.15) is 25.8 Å². The second-order valence-electron chi connectivity index (χ2n) is 3.98. The molecule has 3 heteroatoms. The molecule has 1 aromatic carbocycles. The molecule has 0 spiro atoms. The second kappa shape index (κ2) is 6.94. The standard InChI is InChI=1S/C14H21NO2/c1-4-15(5-2)14(16)9-10-17-13-8-6-7-12(3)11-13/h6-8,11H,4-5,9-10H2,1-3H3. The topological polar surface area (TPSA) is 29.5 Å². The van der Waals surface area contributed by atoms with Gasteiger partial charge < -0.3 is 9.64 Å². The maximum atomic E-state index is 11.7. The van der Waals surface area contributed by atoms with Crippen LogP contribution in [0, 0.1) is 6.92 Å². The second-order valence-corrected chi connectivity index (χ2v) is 3.98. The van der Waals surface area contributed by atoms with Gasteiger partial charge in [-0.1, -0.05) is 12.1 Å². The van der Waals surface area contributed by atoms with Crippen LogP contribution < -0.4 is 4.74 Å². The number of aryl methyl sites for hydroxylation is 1. The number of amides is 1. The van der Waals surface area contributed by atoms with Crippen LogP contribution in [0.25, 0.3) is 0 Å². The van der Waals surface area contributed by atoms with Crippen LogP contribution in [0.3, 0.4) is 0 Å². The van der Waals surface area contributed by atoms with E-state index in [1.165, 1.54) is 0 Å². The summed E-state index contributed by atoms with van der Waals surface area (Å²) in [6.07, 6.45) is 0.440. The van der Waals surface area contributed by atoms with Gasteiger partial charge in [0.05, 0.1) is 13.0 Å². The molecule has 1 aromatic rings. The zero-order chi connectivity index (χ0) is 12.7. The largest absolute Gasteiger partial charge is 0.493 e. The lowest BCUT2D eigenvalue weighted by Crippen LogP contribution is -2.31. The average molecular weight is 235 g/mol. The van der Waals surface area contributed by atoms with E-state index in [4.69, 9.17) is 4.74 Å². The van der Waals surface area contributed by atoms with Gasteiger partial charge in [0.15, 0.2) is 0 Å². The molecule has 0 fully saturated rings. The van der Waals surface area contributed by atoms with Crippen LogP contribution in [0.5, 0.6) is 5.75 Å². The fourth-order valence-corrected chi connectivity index (χ4v) is 1.70. The Morgan fingerprint density at radius 3 is 2.59 bits per heavy atom. The summed E-state index contributed by atoms with van der Waals surface area (Å²) in [5, 5.41) is 0. The van der Waals surface area contributed by atoms with Crippen molar-refractivity contribution in [2.75, 3.05) is 19.7 Å². The molecule has 17 heavy (non-hydrogen) atoms. The van der Waals surface area contributed by atoms with E-state index in [1.807, 2.05) is 49.9 Å². The van der Waals surface area contributed by atoms with Crippen molar-refractivity contribution in [3.8, 4) is 5.75 Å².